The normalized spacial score (nSPS) is 26.0. The zero-order valence-corrected chi connectivity index (χ0v) is 16.5. The Kier molecular flexibility index (Phi) is 3.56. The minimum atomic E-state index is 0.250. The SMILES string of the molecule is Brc1cc2c(cc1[C@@H]1Nc3cc(I)ccc3[C@@H]3C=CC[C@@H]31)OCO2. The molecule has 2 aromatic carbocycles. The largest absolute Gasteiger partial charge is 0.454 e. The summed E-state index contributed by atoms with van der Waals surface area (Å²) in [7, 11) is 0. The average molecular weight is 496 g/mol. The fourth-order valence-corrected chi connectivity index (χ4v) is 5.11. The van der Waals surface area contributed by atoms with Crippen LogP contribution >= 0.6 is 38.5 Å². The zero-order valence-electron chi connectivity index (χ0n) is 12.8. The first-order chi connectivity index (χ1) is 11.7. The number of fused-ring (bicyclic) bond motifs is 4. The van der Waals surface area contributed by atoms with Crippen molar-refractivity contribution in [2.24, 2.45) is 5.92 Å². The maximum absolute atomic E-state index is 5.60. The minimum Gasteiger partial charge on any atom is -0.454 e. The highest BCUT2D eigenvalue weighted by Crippen LogP contribution is 2.52. The summed E-state index contributed by atoms with van der Waals surface area (Å²) in [6.45, 7) is 0.304. The fourth-order valence-electron chi connectivity index (χ4n) is 4.05. The molecule has 0 fully saturated rings. The van der Waals surface area contributed by atoms with E-state index in [2.05, 4.69) is 80.3 Å². The number of ether oxygens (including phenoxy) is 2. The zero-order chi connectivity index (χ0) is 16.3. The van der Waals surface area contributed by atoms with E-state index >= 15 is 0 Å². The van der Waals surface area contributed by atoms with Gasteiger partial charge in [-0.15, -0.1) is 0 Å². The number of nitrogens with one attached hydrogen (secondary N) is 1. The third-order valence-electron chi connectivity index (χ3n) is 5.15. The monoisotopic (exact) mass is 495 g/mol. The number of halogens is 2. The van der Waals surface area contributed by atoms with Gasteiger partial charge in [0.1, 0.15) is 0 Å². The number of anilines is 1. The van der Waals surface area contributed by atoms with Gasteiger partial charge in [-0.25, -0.2) is 0 Å². The third kappa shape index (κ3) is 2.28. The Hall–Kier alpha value is -1.21. The fraction of sp³-hybridized carbons (Fsp3) is 0.263. The van der Waals surface area contributed by atoms with Gasteiger partial charge >= 0.3 is 0 Å². The van der Waals surface area contributed by atoms with Crippen LogP contribution in [0.2, 0.25) is 0 Å². The molecule has 0 bridgehead atoms. The van der Waals surface area contributed by atoms with Crippen LogP contribution in [0.1, 0.15) is 29.5 Å². The van der Waals surface area contributed by atoms with Gasteiger partial charge in [0.05, 0.1) is 6.04 Å². The standard InChI is InChI=1S/C19H15BrINO2/c20-15-8-18-17(23-9-24-18)7-14(15)19-13-3-1-2-11(13)12-5-4-10(21)6-16(12)22-19/h1-2,4-8,11,13,19,22H,3,9H2/t11-,13-,19+/m0/s1. The Labute approximate surface area is 162 Å². The van der Waals surface area contributed by atoms with E-state index in [-0.39, 0.29) is 6.04 Å². The molecular formula is C19H15BrINO2. The van der Waals surface area contributed by atoms with E-state index in [0.29, 0.717) is 18.6 Å². The maximum Gasteiger partial charge on any atom is 0.231 e. The van der Waals surface area contributed by atoms with Gasteiger partial charge in [0.2, 0.25) is 6.79 Å². The summed E-state index contributed by atoms with van der Waals surface area (Å²) in [6.07, 6.45) is 5.78. The summed E-state index contributed by atoms with van der Waals surface area (Å²) >= 11 is 6.11. The van der Waals surface area contributed by atoms with Crippen LogP contribution in [0.25, 0.3) is 0 Å². The third-order valence-corrected chi connectivity index (χ3v) is 6.51. The van der Waals surface area contributed by atoms with E-state index in [1.54, 1.807) is 0 Å². The Morgan fingerprint density at radius 2 is 1.92 bits per heavy atom. The Morgan fingerprint density at radius 1 is 1.08 bits per heavy atom. The van der Waals surface area contributed by atoms with Gasteiger partial charge in [-0.1, -0.05) is 34.1 Å². The number of rotatable bonds is 1. The number of benzene rings is 2. The lowest BCUT2D eigenvalue weighted by atomic mass is 9.77. The van der Waals surface area contributed by atoms with Crippen LogP contribution < -0.4 is 14.8 Å². The molecule has 24 heavy (non-hydrogen) atoms. The van der Waals surface area contributed by atoms with E-state index in [4.69, 9.17) is 9.47 Å². The van der Waals surface area contributed by atoms with Gasteiger partial charge in [-0.05, 0) is 70.3 Å². The van der Waals surface area contributed by atoms with Crippen LogP contribution in [0.3, 0.4) is 0 Å². The van der Waals surface area contributed by atoms with Crippen molar-refractivity contribution in [3.05, 3.63) is 61.7 Å². The predicted molar refractivity (Wildman–Crippen MR) is 106 cm³/mol. The molecule has 122 valence electrons. The molecule has 0 saturated heterocycles. The van der Waals surface area contributed by atoms with Gasteiger partial charge in [-0.2, -0.15) is 0 Å². The lowest BCUT2D eigenvalue weighted by Crippen LogP contribution is -2.29. The summed E-state index contributed by atoms with van der Waals surface area (Å²) < 4.78 is 13.4. The molecule has 3 aliphatic rings. The molecule has 0 radical (unpaired) electrons. The Balaban J connectivity index is 1.62. The van der Waals surface area contributed by atoms with E-state index < -0.39 is 0 Å². The molecule has 1 N–H and O–H groups in total. The van der Waals surface area contributed by atoms with E-state index in [0.717, 1.165) is 22.4 Å². The van der Waals surface area contributed by atoms with E-state index in [9.17, 15) is 0 Å². The highest BCUT2D eigenvalue weighted by atomic mass is 127. The van der Waals surface area contributed by atoms with E-state index in [1.807, 2.05) is 6.07 Å². The van der Waals surface area contributed by atoms with Crippen LogP contribution in [-0.2, 0) is 0 Å². The molecule has 1 aliphatic carbocycles. The van der Waals surface area contributed by atoms with Gasteiger partial charge < -0.3 is 14.8 Å². The van der Waals surface area contributed by atoms with Crippen molar-refractivity contribution >= 4 is 44.2 Å². The molecule has 2 aromatic rings. The highest BCUT2D eigenvalue weighted by Gasteiger charge is 2.39. The highest BCUT2D eigenvalue weighted by molar-refractivity contribution is 14.1. The van der Waals surface area contributed by atoms with Gasteiger partial charge in [0.25, 0.3) is 0 Å². The second kappa shape index (κ2) is 5.66. The minimum absolute atomic E-state index is 0.250. The molecule has 3 atom stereocenters. The Morgan fingerprint density at radius 3 is 2.79 bits per heavy atom. The molecule has 2 aliphatic heterocycles. The molecule has 5 heteroatoms. The summed E-state index contributed by atoms with van der Waals surface area (Å²) in [6, 6.07) is 11.1. The number of allylic oxidation sites excluding steroid dienone is 2. The molecule has 0 aromatic heterocycles. The average Bonchev–Trinajstić information content (AvgIpc) is 3.21. The van der Waals surface area contributed by atoms with Crippen LogP contribution in [0.5, 0.6) is 11.5 Å². The molecule has 2 heterocycles. The maximum atomic E-state index is 5.60. The van der Waals surface area contributed by atoms with Crippen LogP contribution in [0.4, 0.5) is 5.69 Å². The molecule has 0 saturated carbocycles. The second-order valence-corrected chi connectivity index (χ2v) is 8.53. The molecule has 0 spiro atoms. The van der Waals surface area contributed by atoms with Crippen LogP contribution in [0.15, 0.2) is 47.0 Å². The van der Waals surface area contributed by atoms with Gasteiger partial charge in [-0.3, -0.25) is 0 Å². The van der Waals surface area contributed by atoms with Crippen molar-refractivity contribution < 1.29 is 9.47 Å². The van der Waals surface area contributed by atoms with Crippen molar-refractivity contribution in [2.75, 3.05) is 12.1 Å². The van der Waals surface area contributed by atoms with Crippen molar-refractivity contribution in [2.45, 2.75) is 18.4 Å². The smallest absolute Gasteiger partial charge is 0.231 e. The summed E-state index contributed by atoms with van der Waals surface area (Å²) in [5.41, 5.74) is 3.88. The van der Waals surface area contributed by atoms with Gasteiger partial charge in [0, 0.05) is 19.6 Å². The van der Waals surface area contributed by atoms with Crippen molar-refractivity contribution in [3.63, 3.8) is 0 Å². The molecule has 3 nitrogen and oxygen atoms in total. The first kappa shape index (κ1) is 15.1. The summed E-state index contributed by atoms with van der Waals surface area (Å²) in [5, 5.41) is 3.79. The quantitative estimate of drug-likeness (QED) is 0.412. The van der Waals surface area contributed by atoms with Crippen molar-refractivity contribution in [3.8, 4) is 11.5 Å². The molecule has 0 unspecified atom stereocenters. The van der Waals surface area contributed by atoms with Crippen LogP contribution in [-0.4, -0.2) is 6.79 Å². The number of hydrogen-bond acceptors (Lipinski definition) is 3. The molecule has 5 rings (SSSR count). The van der Waals surface area contributed by atoms with Gasteiger partial charge in [0.15, 0.2) is 11.5 Å². The lowest BCUT2D eigenvalue weighted by molar-refractivity contribution is 0.174. The lowest BCUT2D eigenvalue weighted by Gasteiger charge is -2.38. The van der Waals surface area contributed by atoms with Crippen molar-refractivity contribution in [1.82, 2.24) is 0 Å². The molecular weight excluding hydrogens is 481 g/mol. The van der Waals surface area contributed by atoms with E-state index in [1.165, 1.54) is 20.4 Å². The van der Waals surface area contributed by atoms with Crippen LogP contribution in [0, 0.1) is 9.49 Å². The Bertz CT molecular complexity index is 867. The molecule has 0 amide bonds. The first-order valence-electron chi connectivity index (χ1n) is 8.02. The summed E-state index contributed by atoms with van der Waals surface area (Å²) in [5.74, 6) is 2.65. The predicted octanol–water partition coefficient (Wildman–Crippen LogP) is 5.61. The second-order valence-electron chi connectivity index (χ2n) is 6.43. The number of hydrogen-bond donors (Lipinski definition) is 1. The topological polar surface area (TPSA) is 30.5 Å². The van der Waals surface area contributed by atoms with Crippen molar-refractivity contribution in [1.29, 1.82) is 0 Å². The summed E-state index contributed by atoms with van der Waals surface area (Å²) in [4.78, 5) is 0. The first-order valence-corrected chi connectivity index (χ1v) is 9.89.